The van der Waals surface area contributed by atoms with Gasteiger partial charge in [0.2, 0.25) is 11.1 Å². The van der Waals surface area contributed by atoms with Crippen molar-refractivity contribution in [2.75, 3.05) is 25.3 Å². The fourth-order valence-corrected chi connectivity index (χ4v) is 3.39. The van der Waals surface area contributed by atoms with Crippen molar-refractivity contribution in [1.82, 2.24) is 20.2 Å². The zero-order valence-electron chi connectivity index (χ0n) is 15.2. The van der Waals surface area contributed by atoms with Crippen molar-refractivity contribution < 1.29 is 14.3 Å². The van der Waals surface area contributed by atoms with Crippen LogP contribution >= 0.6 is 11.8 Å². The van der Waals surface area contributed by atoms with E-state index in [0.29, 0.717) is 28.0 Å². The maximum Gasteiger partial charge on any atom is 0.234 e. The largest absolute Gasteiger partial charge is 0.493 e. The van der Waals surface area contributed by atoms with E-state index < -0.39 is 0 Å². The Morgan fingerprint density at radius 3 is 2.75 bits per heavy atom. The van der Waals surface area contributed by atoms with E-state index in [-0.39, 0.29) is 11.7 Å². The van der Waals surface area contributed by atoms with Crippen LogP contribution in [0.2, 0.25) is 0 Å². The molecule has 0 spiro atoms. The number of hydrogen-bond acceptors (Lipinski definition) is 7. The summed E-state index contributed by atoms with van der Waals surface area (Å²) in [5.41, 5.74) is 2.94. The average Bonchev–Trinajstić information content (AvgIpc) is 3.10. The third kappa shape index (κ3) is 3.56. The monoisotopic (exact) mass is 395 g/mol. The molecular weight excluding hydrogens is 378 g/mol. The highest BCUT2D eigenvalue weighted by Gasteiger charge is 2.12. The Balaban J connectivity index is 1.44. The number of nitrogens with zero attached hydrogens (tertiary/aromatic N) is 3. The minimum Gasteiger partial charge on any atom is -0.493 e. The van der Waals surface area contributed by atoms with Gasteiger partial charge < -0.3 is 19.8 Å². The van der Waals surface area contributed by atoms with Crippen molar-refractivity contribution in [1.29, 1.82) is 0 Å². The van der Waals surface area contributed by atoms with Gasteiger partial charge in [-0.2, -0.15) is 0 Å². The Kier molecular flexibility index (Phi) is 4.98. The number of methoxy groups -OCH3 is 2. The summed E-state index contributed by atoms with van der Waals surface area (Å²) in [4.78, 5) is 19.9. The van der Waals surface area contributed by atoms with Crippen molar-refractivity contribution in [3.05, 3.63) is 42.5 Å². The number of thioether (sulfide) groups is 1. The first-order valence-corrected chi connectivity index (χ1v) is 9.42. The van der Waals surface area contributed by atoms with Crippen LogP contribution in [0.4, 0.5) is 5.69 Å². The molecule has 142 valence electrons. The van der Waals surface area contributed by atoms with Gasteiger partial charge in [-0.3, -0.25) is 4.79 Å². The van der Waals surface area contributed by atoms with Gasteiger partial charge in [0.1, 0.15) is 5.52 Å². The smallest absolute Gasteiger partial charge is 0.234 e. The molecule has 0 saturated carbocycles. The molecule has 4 aromatic rings. The van der Waals surface area contributed by atoms with Crippen molar-refractivity contribution in [2.45, 2.75) is 5.16 Å². The summed E-state index contributed by atoms with van der Waals surface area (Å²) in [5.74, 6) is 1.12. The van der Waals surface area contributed by atoms with Crippen LogP contribution in [0.15, 0.2) is 47.6 Å². The van der Waals surface area contributed by atoms with Gasteiger partial charge in [-0.15, -0.1) is 10.2 Å². The number of carbonyl (C=O) groups excluding carboxylic acids is 1. The van der Waals surface area contributed by atoms with Gasteiger partial charge in [0.05, 0.1) is 20.0 Å². The predicted octanol–water partition coefficient (Wildman–Crippen LogP) is 3.25. The number of aromatic amines is 1. The SMILES string of the molecule is COc1ccc(NC(=O)CSc2nnc3c(n2)[nH]c2ccccc23)cc1OC. The van der Waals surface area contributed by atoms with E-state index in [9.17, 15) is 4.79 Å². The van der Waals surface area contributed by atoms with E-state index in [2.05, 4.69) is 25.5 Å². The number of H-pyrrole nitrogens is 1. The number of fused-ring (bicyclic) bond motifs is 3. The van der Waals surface area contributed by atoms with E-state index in [1.54, 1.807) is 32.4 Å². The summed E-state index contributed by atoms with van der Waals surface area (Å²) in [6.45, 7) is 0. The fraction of sp³-hybridized carbons (Fsp3) is 0.158. The van der Waals surface area contributed by atoms with Crippen LogP contribution < -0.4 is 14.8 Å². The van der Waals surface area contributed by atoms with Crippen molar-refractivity contribution >= 4 is 45.4 Å². The van der Waals surface area contributed by atoms with Gasteiger partial charge in [-0.25, -0.2) is 4.98 Å². The van der Waals surface area contributed by atoms with Crippen molar-refractivity contribution in [3.8, 4) is 11.5 Å². The van der Waals surface area contributed by atoms with Crippen LogP contribution in [0.5, 0.6) is 11.5 Å². The molecule has 2 aromatic heterocycles. The number of hydrogen-bond donors (Lipinski definition) is 2. The van der Waals surface area contributed by atoms with Crippen molar-refractivity contribution in [2.24, 2.45) is 0 Å². The lowest BCUT2D eigenvalue weighted by Gasteiger charge is -2.10. The molecule has 28 heavy (non-hydrogen) atoms. The number of para-hydroxylation sites is 1. The molecule has 2 aromatic carbocycles. The molecule has 0 aliphatic heterocycles. The molecule has 0 atom stereocenters. The van der Waals surface area contributed by atoms with Gasteiger partial charge in [0, 0.05) is 22.7 Å². The molecule has 4 rings (SSSR count). The minimum absolute atomic E-state index is 0.155. The molecule has 0 unspecified atom stereocenters. The maximum atomic E-state index is 12.3. The Labute approximate surface area is 164 Å². The van der Waals surface area contributed by atoms with Gasteiger partial charge in [0.25, 0.3) is 0 Å². The predicted molar refractivity (Wildman–Crippen MR) is 108 cm³/mol. The number of benzene rings is 2. The topological polar surface area (TPSA) is 102 Å². The lowest BCUT2D eigenvalue weighted by Crippen LogP contribution is -2.14. The summed E-state index contributed by atoms with van der Waals surface area (Å²) < 4.78 is 10.4. The first-order valence-electron chi connectivity index (χ1n) is 8.44. The first-order chi connectivity index (χ1) is 13.7. The summed E-state index contributed by atoms with van der Waals surface area (Å²) in [5, 5.41) is 12.6. The zero-order chi connectivity index (χ0) is 19.5. The Morgan fingerprint density at radius 2 is 1.93 bits per heavy atom. The highest BCUT2D eigenvalue weighted by molar-refractivity contribution is 7.99. The van der Waals surface area contributed by atoms with Gasteiger partial charge in [-0.1, -0.05) is 30.0 Å². The van der Waals surface area contributed by atoms with E-state index in [1.807, 2.05) is 24.3 Å². The molecule has 0 aliphatic rings. The van der Waals surface area contributed by atoms with Crippen LogP contribution in [0, 0.1) is 0 Å². The molecule has 0 radical (unpaired) electrons. The standard InChI is InChI=1S/C19H17N5O3S/c1-26-14-8-7-11(9-15(14)27-2)20-16(25)10-28-19-22-18-17(23-24-19)12-5-3-4-6-13(12)21-18/h3-9H,10H2,1-2H3,(H,20,25)(H,21,22,24). The second-order valence-electron chi connectivity index (χ2n) is 5.87. The van der Waals surface area contributed by atoms with E-state index in [0.717, 1.165) is 16.4 Å². The number of amides is 1. The van der Waals surface area contributed by atoms with Crippen LogP contribution in [-0.2, 0) is 4.79 Å². The lowest BCUT2D eigenvalue weighted by molar-refractivity contribution is -0.113. The van der Waals surface area contributed by atoms with Crippen LogP contribution in [0.1, 0.15) is 0 Å². The van der Waals surface area contributed by atoms with Crippen LogP contribution in [-0.4, -0.2) is 46.0 Å². The van der Waals surface area contributed by atoms with Crippen LogP contribution in [0.25, 0.3) is 22.1 Å². The van der Waals surface area contributed by atoms with E-state index in [1.165, 1.54) is 11.8 Å². The fourth-order valence-electron chi connectivity index (χ4n) is 2.81. The summed E-state index contributed by atoms with van der Waals surface area (Å²) in [7, 11) is 3.11. The van der Waals surface area contributed by atoms with E-state index >= 15 is 0 Å². The number of ether oxygens (including phenoxy) is 2. The number of rotatable bonds is 6. The average molecular weight is 395 g/mol. The molecule has 8 nitrogen and oxygen atoms in total. The number of nitrogens with one attached hydrogen (secondary N) is 2. The van der Waals surface area contributed by atoms with Crippen LogP contribution in [0.3, 0.4) is 0 Å². The second kappa shape index (κ2) is 7.73. The Bertz CT molecular complexity index is 1160. The molecule has 9 heteroatoms. The highest BCUT2D eigenvalue weighted by Crippen LogP contribution is 2.30. The molecule has 0 aliphatic carbocycles. The zero-order valence-corrected chi connectivity index (χ0v) is 16.0. The Hall–Kier alpha value is -3.33. The molecular formula is C19H17N5O3S. The second-order valence-corrected chi connectivity index (χ2v) is 6.81. The maximum absolute atomic E-state index is 12.3. The van der Waals surface area contributed by atoms with Gasteiger partial charge >= 0.3 is 0 Å². The normalized spacial score (nSPS) is 10.9. The third-order valence-electron chi connectivity index (χ3n) is 4.10. The van der Waals surface area contributed by atoms with Gasteiger partial charge in [0.15, 0.2) is 17.1 Å². The number of aromatic nitrogens is 4. The quantitative estimate of drug-likeness (QED) is 0.483. The number of anilines is 1. The molecule has 1 amide bonds. The van der Waals surface area contributed by atoms with Gasteiger partial charge in [-0.05, 0) is 18.2 Å². The Morgan fingerprint density at radius 1 is 1.11 bits per heavy atom. The third-order valence-corrected chi connectivity index (χ3v) is 4.94. The summed E-state index contributed by atoms with van der Waals surface area (Å²) >= 11 is 1.22. The molecule has 0 bridgehead atoms. The summed E-state index contributed by atoms with van der Waals surface area (Å²) in [6, 6.07) is 13.0. The van der Waals surface area contributed by atoms with Crippen molar-refractivity contribution in [3.63, 3.8) is 0 Å². The molecule has 2 heterocycles. The van der Waals surface area contributed by atoms with E-state index in [4.69, 9.17) is 9.47 Å². The number of carbonyl (C=O) groups is 1. The molecule has 0 fully saturated rings. The minimum atomic E-state index is -0.183. The molecule has 2 N–H and O–H groups in total. The summed E-state index contributed by atoms with van der Waals surface area (Å²) in [6.07, 6.45) is 0. The lowest BCUT2D eigenvalue weighted by atomic mass is 10.2. The molecule has 0 saturated heterocycles. The highest BCUT2D eigenvalue weighted by atomic mass is 32.2. The first kappa shape index (κ1) is 18.1.